The topological polar surface area (TPSA) is 26.0 Å². The van der Waals surface area contributed by atoms with Crippen molar-refractivity contribution in [2.24, 2.45) is 5.73 Å². The minimum Gasteiger partial charge on any atom is -0.314 e. The summed E-state index contributed by atoms with van der Waals surface area (Å²) < 4.78 is 0. The van der Waals surface area contributed by atoms with E-state index in [9.17, 15) is 0 Å². The lowest BCUT2D eigenvalue weighted by atomic mass is 9.78. The molecule has 5 aromatic carbocycles. The molecule has 2 N–H and O–H groups in total. The van der Waals surface area contributed by atoms with Crippen molar-refractivity contribution < 1.29 is 0 Å². The summed E-state index contributed by atoms with van der Waals surface area (Å²) in [6, 6.07) is 46.0. The van der Waals surface area contributed by atoms with Crippen LogP contribution in [0.2, 0.25) is 5.02 Å². The van der Waals surface area contributed by atoms with Crippen molar-refractivity contribution in [3.05, 3.63) is 198 Å². The molecule has 0 fully saturated rings. The highest BCUT2D eigenvalue weighted by molar-refractivity contribution is 6.31. The van der Waals surface area contributed by atoms with Gasteiger partial charge >= 0.3 is 0 Å². The summed E-state index contributed by atoms with van der Waals surface area (Å²) in [5, 5.41) is 0.674. The number of rotatable bonds is 6. The van der Waals surface area contributed by atoms with E-state index in [0.717, 1.165) is 27.8 Å². The molecule has 5 rings (SSSR count). The van der Waals surface area contributed by atoms with Gasteiger partial charge in [-0.3, -0.25) is 0 Å². The van der Waals surface area contributed by atoms with E-state index in [-0.39, 0.29) is 0 Å². The molecular formula is C37H34ClN. The molecule has 0 aliphatic heterocycles. The zero-order valence-electron chi connectivity index (χ0n) is 22.1. The Morgan fingerprint density at radius 2 is 0.795 bits per heavy atom. The van der Waals surface area contributed by atoms with Crippen LogP contribution in [0.25, 0.3) is 18.2 Å². The Morgan fingerprint density at radius 1 is 0.462 bits per heavy atom. The van der Waals surface area contributed by atoms with Gasteiger partial charge in [0.05, 0.1) is 5.54 Å². The smallest absolute Gasteiger partial charge is 0.0937 e. The largest absolute Gasteiger partial charge is 0.314 e. The molecule has 0 aliphatic carbocycles. The standard InChI is InChI=1S/C19H16ClN.C10H10.C8H8/c20-18-14-8-7-13-17(18)19(21,15-9-3-1-4-10-15)16-11-5-2-6-12-16;1-3-9-5-7-10(4-2)8-6-9;1-2-8-6-4-3-5-7-8/h1-14H,21H2;3-8H,1-2H2;2-7H,1H2. The minimum atomic E-state index is -0.763. The van der Waals surface area contributed by atoms with Crippen LogP contribution in [-0.4, -0.2) is 0 Å². The Morgan fingerprint density at radius 3 is 1.15 bits per heavy atom. The van der Waals surface area contributed by atoms with Crippen LogP contribution in [-0.2, 0) is 5.54 Å². The van der Waals surface area contributed by atoms with Crippen LogP contribution in [0.1, 0.15) is 33.4 Å². The lowest BCUT2D eigenvalue weighted by molar-refractivity contribution is 0.653. The van der Waals surface area contributed by atoms with Gasteiger partial charge in [0.1, 0.15) is 0 Å². The van der Waals surface area contributed by atoms with Crippen LogP contribution in [0.15, 0.2) is 159 Å². The zero-order valence-corrected chi connectivity index (χ0v) is 22.8. The highest BCUT2D eigenvalue weighted by atomic mass is 35.5. The van der Waals surface area contributed by atoms with Crippen LogP contribution in [0.3, 0.4) is 0 Å². The first kappa shape index (κ1) is 29.1. The number of halogens is 1. The van der Waals surface area contributed by atoms with Crippen molar-refractivity contribution in [1.29, 1.82) is 0 Å². The van der Waals surface area contributed by atoms with Gasteiger partial charge in [0.2, 0.25) is 0 Å². The average Bonchev–Trinajstić information content (AvgIpc) is 3.03. The molecule has 0 aromatic heterocycles. The number of benzene rings is 5. The van der Waals surface area contributed by atoms with Crippen LogP contribution in [0.4, 0.5) is 0 Å². The van der Waals surface area contributed by atoms with E-state index >= 15 is 0 Å². The molecule has 39 heavy (non-hydrogen) atoms. The van der Waals surface area contributed by atoms with Gasteiger partial charge in [-0.2, -0.15) is 0 Å². The van der Waals surface area contributed by atoms with E-state index in [1.165, 1.54) is 5.56 Å². The first-order valence-corrected chi connectivity index (χ1v) is 13.1. The van der Waals surface area contributed by atoms with E-state index in [1.807, 2.05) is 158 Å². The van der Waals surface area contributed by atoms with Crippen molar-refractivity contribution >= 4 is 29.8 Å². The Balaban J connectivity index is 0.000000193. The van der Waals surface area contributed by atoms with E-state index in [1.54, 1.807) is 0 Å². The first-order chi connectivity index (χ1) is 19.0. The maximum atomic E-state index is 6.88. The van der Waals surface area contributed by atoms with E-state index < -0.39 is 5.54 Å². The molecule has 194 valence electrons. The average molecular weight is 528 g/mol. The molecule has 0 saturated carbocycles. The lowest BCUT2D eigenvalue weighted by Crippen LogP contribution is -2.39. The van der Waals surface area contributed by atoms with Crippen molar-refractivity contribution in [2.45, 2.75) is 5.54 Å². The maximum absolute atomic E-state index is 6.88. The monoisotopic (exact) mass is 527 g/mol. The molecule has 1 nitrogen and oxygen atoms in total. The van der Waals surface area contributed by atoms with Crippen molar-refractivity contribution in [3.63, 3.8) is 0 Å². The molecule has 0 heterocycles. The van der Waals surface area contributed by atoms with Crippen molar-refractivity contribution in [1.82, 2.24) is 0 Å². The summed E-state index contributed by atoms with van der Waals surface area (Å²) in [6.45, 7) is 11.0. The summed E-state index contributed by atoms with van der Waals surface area (Å²) in [5.41, 5.74) is 12.5. The van der Waals surface area contributed by atoms with Crippen molar-refractivity contribution in [2.75, 3.05) is 0 Å². The third-order valence-corrected chi connectivity index (χ3v) is 6.53. The van der Waals surface area contributed by atoms with Crippen LogP contribution in [0.5, 0.6) is 0 Å². The van der Waals surface area contributed by atoms with Gasteiger partial charge in [-0.1, -0.05) is 183 Å². The van der Waals surface area contributed by atoms with Gasteiger partial charge < -0.3 is 5.73 Å². The second-order valence-corrected chi connectivity index (χ2v) is 9.12. The lowest BCUT2D eigenvalue weighted by Gasteiger charge is -2.32. The fourth-order valence-electron chi connectivity index (χ4n) is 4.02. The Kier molecular flexibility index (Phi) is 11.3. The summed E-state index contributed by atoms with van der Waals surface area (Å²) in [6.07, 6.45) is 5.49. The van der Waals surface area contributed by atoms with E-state index in [2.05, 4.69) is 19.7 Å². The summed E-state index contributed by atoms with van der Waals surface area (Å²) in [4.78, 5) is 0. The molecule has 0 atom stereocenters. The molecule has 0 amide bonds. The van der Waals surface area contributed by atoms with Gasteiger partial charge in [-0.05, 0) is 39.4 Å². The SMILES string of the molecule is C=Cc1ccc(C=C)cc1.C=Cc1ccccc1.NC(c1ccccc1)(c1ccccc1)c1ccccc1Cl. The van der Waals surface area contributed by atoms with Crippen LogP contribution >= 0.6 is 11.6 Å². The molecular weight excluding hydrogens is 494 g/mol. The highest BCUT2D eigenvalue weighted by Gasteiger charge is 2.33. The maximum Gasteiger partial charge on any atom is 0.0937 e. The third-order valence-electron chi connectivity index (χ3n) is 6.20. The van der Waals surface area contributed by atoms with Gasteiger partial charge in [0.25, 0.3) is 0 Å². The van der Waals surface area contributed by atoms with Gasteiger partial charge in [-0.25, -0.2) is 0 Å². The highest BCUT2D eigenvalue weighted by Crippen LogP contribution is 2.37. The number of hydrogen-bond acceptors (Lipinski definition) is 1. The molecule has 5 aromatic rings. The Hall–Kier alpha value is -4.43. The zero-order chi connectivity index (χ0) is 27.9. The minimum absolute atomic E-state index is 0.674. The fourth-order valence-corrected chi connectivity index (χ4v) is 4.30. The number of hydrogen-bond donors (Lipinski definition) is 1. The second-order valence-electron chi connectivity index (χ2n) is 8.71. The molecule has 0 spiro atoms. The fraction of sp³-hybridized carbons (Fsp3) is 0.0270. The molecule has 0 unspecified atom stereocenters. The van der Waals surface area contributed by atoms with Gasteiger partial charge in [-0.15, -0.1) is 0 Å². The first-order valence-electron chi connectivity index (χ1n) is 12.7. The van der Waals surface area contributed by atoms with Gasteiger partial charge in [0.15, 0.2) is 0 Å². The second kappa shape index (κ2) is 15.1. The molecule has 0 saturated heterocycles. The number of nitrogens with two attached hydrogens (primary N) is 1. The quantitative estimate of drug-likeness (QED) is 0.218. The van der Waals surface area contributed by atoms with Crippen molar-refractivity contribution in [3.8, 4) is 0 Å². The molecule has 0 radical (unpaired) electrons. The Labute approximate surface area is 238 Å². The summed E-state index contributed by atoms with van der Waals surface area (Å²) in [5.74, 6) is 0. The normalized spacial score (nSPS) is 10.1. The van der Waals surface area contributed by atoms with Crippen LogP contribution < -0.4 is 5.73 Å². The summed E-state index contributed by atoms with van der Waals surface area (Å²) in [7, 11) is 0. The predicted molar refractivity (Wildman–Crippen MR) is 172 cm³/mol. The van der Waals surface area contributed by atoms with Gasteiger partial charge in [0, 0.05) is 5.02 Å². The van der Waals surface area contributed by atoms with E-state index in [0.29, 0.717) is 5.02 Å². The van der Waals surface area contributed by atoms with E-state index in [4.69, 9.17) is 17.3 Å². The predicted octanol–water partition coefficient (Wildman–Crippen LogP) is 9.89. The summed E-state index contributed by atoms with van der Waals surface area (Å²) >= 11 is 6.43. The Bertz CT molecular complexity index is 1370. The van der Waals surface area contributed by atoms with Crippen LogP contribution in [0, 0.1) is 0 Å². The molecule has 0 bridgehead atoms. The third kappa shape index (κ3) is 8.02. The molecule has 2 heteroatoms. The molecule has 0 aliphatic rings.